The molecular formula is C14H25IN4O2. The zero-order valence-electron chi connectivity index (χ0n) is 13.0. The van der Waals surface area contributed by atoms with E-state index in [4.69, 9.17) is 4.42 Å². The second-order valence-corrected chi connectivity index (χ2v) is 5.43. The maximum atomic E-state index is 11.7. The minimum Gasteiger partial charge on any atom is -0.467 e. The highest BCUT2D eigenvalue weighted by Crippen LogP contribution is 1.99. The van der Waals surface area contributed by atoms with Crippen molar-refractivity contribution < 1.29 is 9.21 Å². The molecule has 0 aromatic carbocycles. The van der Waals surface area contributed by atoms with Crippen LogP contribution in [-0.2, 0) is 11.3 Å². The van der Waals surface area contributed by atoms with Crippen molar-refractivity contribution in [2.24, 2.45) is 4.99 Å². The van der Waals surface area contributed by atoms with E-state index in [-0.39, 0.29) is 42.0 Å². The van der Waals surface area contributed by atoms with Crippen molar-refractivity contribution in [1.82, 2.24) is 16.0 Å². The maximum Gasteiger partial charge on any atom is 0.242 e. The molecular weight excluding hydrogens is 383 g/mol. The second kappa shape index (κ2) is 9.64. The molecule has 6 nitrogen and oxygen atoms in total. The predicted octanol–water partition coefficient (Wildman–Crippen LogP) is 1.87. The Kier molecular flexibility index (Phi) is 9.07. The number of amides is 1. The third-order valence-electron chi connectivity index (χ3n) is 2.25. The molecule has 0 saturated carbocycles. The number of hydrogen-bond acceptors (Lipinski definition) is 3. The van der Waals surface area contributed by atoms with Gasteiger partial charge in [0.2, 0.25) is 5.91 Å². The molecule has 21 heavy (non-hydrogen) atoms. The maximum absolute atomic E-state index is 11.7. The van der Waals surface area contributed by atoms with Crippen molar-refractivity contribution in [2.75, 3.05) is 13.1 Å². The SMILES string of the molecule is CCNC(=NCC(=O)NC(C)(C)C)NCc1ccco1.I. The molecule has 0 saturated heterocycles. The zero-order valence-corrected chi connectivity index (χ0v) is 15.4. The van der Waals surface area contributed by atoms with Gasteiger partial charge in [0.15, 0.2) is 5.96 Å². The van der Waals surface area contributed by atoms with Crippen LogP contribution in [0.25, 0.3) is 0 Å². The van der Waals surface area contributed by atoms with Crippen molar-refractivity contribution in [3.05, 3.63) is 24.2 Å². The van der Waals surface area contributed by atoms with E-state index >= 15 is 0 Å². The molecule has 1 rings (SSSR count). The van der Waals surface area contributed by atoms with Gasteiger partial charge in [0.05, 0.1) is 12.8 Å². The van der Waals surface area contributed by atoms with Crippen LogP contribution in [0.1, 0.15) is 33.5 Å². The Labute approximate surface area is 143 Å². The van der Waals surface area contributed by atoms with Gasteiger partial charge in [-0.3, -0.25) is 4.79 Å². The highest BCUT2D eigenvalue weighted by Gasteiger charge is 2.13. The van der Waals surface area contributed by atoms with Crippen LogP contribution < -0.4 is 16.0 Å². The van der Waals surface area contributed by atoms with Crippen LogP contribution in [0.15, 0.2) is 27.8 Å². The molecule has 1 aromatic heterocycles. The van der Waals surface area contributed by atoms with Gasteiger partial charge in [-0.2, -0.15) is 0 Å². The van der Waals surface area contributed by atoms with Gasteiger partial charge < -0.3 is 20.4 Å². The van der Waals surface area contributed by atoms with Gasteiger partial charge in [0.1, 0.15) is 12.3 Å². The van der Waals surface area contributed by atoms with Crippen LogP contribution >= 0.6 is 24.0 Å². The lowest BCUT2D eigenvalue weighted by Gasteiger charge is -2.20. The minimum atomic E-state index is -0.244. The number of furan rings is 1. The summed E-state index contributed by atoms with van der Waals surface area (Å²) in [6, 6.07) is 3.71. The Morgan fingerprint density at radius 1 is 1.33 bits per heavy atom. The molecule has 7 heteroatoms. The molecule has 120 valence electrons. The zero-order chi connectivity index (χ0) is 15.0. The van der Waals surface area contributed by atoms with Gasteiger partial charge in [-0.15, -0.1) is 24.0 Å². The molecule has 0 atom stereocenters. The Balaban J connectivity index is 0.00000400. The van der Waals surface area contributed by atoms with Gasteiger partial charge in [-0.1, -0.05) is 0 Å². The molecule has 0 aliphatic rings. The standard InChI is InChI=1S/C14H24N4O2.HI/c1-5-15-13(16-9-11-7-6-8-20-11)17-10-12(19)18-14(2,3)4;/h6-8H,5,9-10H2,1-4H3,(H,18,19)(H2,15,16,17);1H. The summed E-state index contributed by atoms with van der Waals surface area (Å²) in [5.41, 5.74) is -0.244. The highest BCUT2D eigenvalue weighted by molar-refractivity contribution is 14.0. The van der Waals surface area contributed by atoms with Crippen LogP contribution in [0.5, 0.6) is 0 Å². The van der Waals surface area contributed by atoms with Gasteiger partial charge in [0, 0.05) is 12.1 Å². The van der Waals surface area contributed by atoms with Gasteiger partial charge in [-0.05, 0) is 39.8 Å². The number of guanidine groups is 1. The first kappa shape index (κ1) is 19.8. The summed E-state index contributed by atoms with van der Waals surface area (Å²) >= 11 is 0. The Morgan fingerprint density at radius 3 is 2.57 bits per heavy atom. The third kappa shape index (κ3) is 9.33. The summed E-state index contributed by atoms with van der Waals surface area (Å²) in [5, 5.41) is 9.05. The Hall–Kier alpha value is -1.25. The van der Waals surface area contributed by atoms with Gasteiger partial charge in [-0.25, -0.2) is 4.99 Å². The monoisotopic (exact) mass is 408 g/mol. The summed E-state index contributed by atoms with van der Waals surface area (Å²) in [6.07, 6.45) is 1.62. The first-order valence-corrected chi connectivity index (χ1v) is 6.76. The largest absolute Gasteiger partial charge is 0.467 e. The number of halogens is 1. The van der Waals surface area contributed by atoms with E-state index in [2.05, 4.69) is 20.9 Å². The van der Waals surface area contributed by atoms with Crippen LogP contribution in [0.3, 0.4) is 0 Å². The van der Waals surface area contributed by atoms with E-state index < -0.39 is 0 Å². The first-order chi connectivity index (χ1) is 9.40. The average Bonchev–Trinajstić information content (AvgIpc) is 2.83. The minimum absolute atomic E-state index is 0. The van der Waals surface area contributed by atoms with Crippen molar-refractivity contribution in [3.8, 4) is 0 Å². The smallest absolute Gasteiger partial charge is 0.242 e. The van der Waals surface area contributed by atoms with Crippen molar-refractivity contribution in [2.45, 2.75) is 39.8 Å². The molecule has 1 heterocycles. The molecule has 0 spiro atoms. The van der Waals surface area contributed by atoms with E-state index in [0.29, 0.717) is 12.5 Å². The molecule has 0 radical (unpaired) electrons. The van der Waals surface area contributed by atoms with Crippen LogP contribution in [0, 0.1) is 0 Å². The predicted molar refractivity (Wildman–Crippen MR) is 94.8 cm³/mol. The van der Waals surface area contributed by atoms with Crippen molar-refractivity contribution in [3.63, 3.8) is 0 Å². The van der Waals surface area contributed by atoms with E-state index in [1.54, 1.807) is 6.26 Å². The molecule has 0 aliphatic carbocycles. The lowest BCUT2D eigenvalue weighted by Crippen LogP contribution is -2.43. The van der Waals surface area contributed by atoms with E-state index in [1.165, 1.54) is 0 Å². The molecule has 1 amide bonds. The molecule has 0 fully saturated rings. The quantitative estimate of drug-likeness (QED) is 0.395. The number of aliphatic imine (C=N–C) groups is 1. The number of nitrogens with one attached hydrogen (secondary N) is 3. The van der Waals surface area contributed by atoms with Gasteiger partial charge in [0.25, 0.3) is 0 Å². The lowest BCUT2D eigenvalue weighted by molar-refractivity contribution is -0.121. The normalized spacial score (nSPS) is 11.5. The van der Waals surface area contributed by atoms with Gasteiger partial charge >= 0.3 is 0 Å². The lowest BCUT2D eigenvalue weighted by atomic mass is 10.1. The number of rotatable bonds is 5. The Bertz CT molecular complexity index is 438. The number of nitrogens with zero attached hydrogens (tertiary/aromatic N) is 1. The summed E-state index contributed by atoms with van der Waals surface area (Å²) in [6.45, 7) is 9.13. The second-order valence-electron chi connectivity index (χ2n) is 5.43. The van der Waals surface area contributed by atoms with Crippen LogP contribution in [0.2, 0.25) is 0 Å². The number of carbonyl (C=O) groups is 1. The first-order valence-electron chi connectivity index (χ1n) is 6.76. The summed E-state index contributed by atoms with van der Waals surface area (Å²) in [5.74, 6) is 1.30. The fraction of sp³-hybridized carbons (Fsp3) is 0.571. The van der Waals surface area contributed by atoms with Crippen molar-refractivity contribution in [1.29, 1.82) is 0 Å². The fourth-order valence-corrected chi connectivity index (χ4v) is 1.53. The topological polar surface area (TPSA) is 78.7 Å². The number of carbonyl (C=O) groups excluding carboxylic acids is 1. The molecule has 0 bridgehead atoms. The fourth-order valence-electron chi connectivity index (χ4n) is 1.53. The molecule has 1 aromatic rings. The van der Waals surface area contributed by atoms with E-state index in [9.17, 15) is 4.79 Å². The highest BCUT2D eigenvalue weighted by atomic mass is 127. The van der Waals surface area contributed by atoms with Crippen molar-refractivity contribution >= 4 is 35.8 Å². The molecule has 0 aliphatic heterocycles. The summed E-state index contributed by atoms with van der Waals surface area (Å²) in [4.78, 5) is 15.9. The van der Waals surface area contributed by atoms with E-state index in [0.717, 1.165) is 12.3 Å². The summed E-state index contributed by atoms with van der Waals surface area (Å²) < 4.78 is 5.23. The van der Waals surface area contributed by atoms with Crippen LogP contribution in [0.4, 0.5) is 0 Å². The third-order valence-corrected chi connectivity index (χ3v) is 2.25. The van der Waals surface area contributed by atoms with Crippen LogP contribution in [-0.4, -0.2) is 30.5 Å². The summed E-state index contributed by atoms with van der Waals surface area (Å²) in [7, 11) is 0. The number of hydrogen-bond donors (Lipinski definition) is 3. The average molecular weight is 408 g/mol. The van der Waals surface area contributed by atoms with E-state index in [1.807, 2.05) is 39.8 Å². The molecule has 0 unspecified atom stereocenters. The Morgan fingerprint density at radius 2 is 2.05 bits per heavy atom. The molecule has 3 N–H and O–H groups in total.